The molecule has 0 aromatic heterocycles. The fourth-order valence-electron chi connectivity index (χ4n) is 1.55. The summed E-state index contributed by atoms with van der Waals surface area (Å²) in [7, 11) is 0. The summed E-state index contributed by atoms with van der Waals surface area (Å²) >= 11 is 5.87. The highest BCUT2D eigenvalue weighted by Crippen LogP contribution is 2.18. The zero-order valence-electron chi connectivity index (χ0n) is 9.28. The predicted octanol–water partition coefficient (Wildman–Crippen LogP) is 2.72. The average molecular weight is 228 g/mol. The molecule has 2 nitrogen and oxygen atoms in total. The molecule has 1 rings (SSSR count). The topological polar surface area (TPSA) is 23.5 Å². The third kappa shape index (κ3) is 3.82. The Labute approximate surface area is 96.5 Å². The van der Waals surface area contributed by atoms with Gasteiger partial charge in [0.25, 0.3) is 0 Å². The Hall–Kier alpha value is -0.570. The maximum Gasteiger partial charge on any atom is 0.0917 e. The summed E-state index contributed by atoms with van der Waals surface area (Å²) in [6.07, 6.45) is -0.455. The van der Waals surface area contributed by atoms with E-state index in [1.165, 1.54) is 0 Å². The van der Waals surface area contributed by atoms with Crippen LogP contribution in [-0.2, 0) is 0 Å². The molecule has 3 heteroatoms. The number of aliphatic hydroxyl groups excluding tert-OH is 1. The van der Waals surface area contributed by atoms with Gasteiger partial charge in [-0.25, -0.2) is 0 Å². The molecule has 1 atom stereocenters. The van der Waals surface area contributed by atoms with E-state index < -0.39 is 6.10 Å². The van der Waals surface area contributed by atoms with E-state index >= 15 is 0 Å². The van der Waals surface area contributed by atoms with Crippen molar-refractivity contribution in [1.29, 1.82) is 0 Å². The van der Waals surface area contributed by atoms with E-state index in [9.17, 15) is 5.11 Å². The minimum absolute atomic E-state index is 0.455. The second kappa shape index (κ2) is 6.11. The summed E-state index contributed by atoms with van der Waals surface area (Å²) in [6.45, 7) is 6.75. The van der Waals surface area contributed by atoms with Crippen LogP contribution >= 0.6 is 11.6 Å². The molecule has 0 aliphatic rings. The first-order valence-corrected chi connectivity index (χ1v) is 5.71. The summed E-state index contributed by atoms with van der Waals surface area (Å²) in [5.41, 5.74) is 0.884. The number of nitrogens with zero attached hydrogens (tertiary/aromatic N) is 1. The first-order valence-electron chi connectivity index (χ1n) is 5.33. The van der Waals surface area contributed by atoms with Gasteiger partial charge >= 0.3 is 0 Å². The lowest BCUT2D eigenvalue weighted by molar-refractivity contribution is 0.119. The second-order valence-corrected chi connectivity index (χ2v) is 3.99. The van der Waals surface area contributed by atoms with Crippen molar-refractivity contribution in [1.82, 2.24) is 4.90 Å². The lowest BCUT2D eigenvalue weighted by Gasteiger charge is -2.22. The van der Waals surface area contributed by atoms with E-state index in [-0.39, 0.29) is 0 Å². The Bertz CT molecular complexity index is 299. The molecule has 1 aromatic carbocycles. The average Bonchev–Trinajstić information content (AvgIpc) is 2.25. The summed E-state index contributed by atoms with van der Waals surface area (Å²) in [5, 5.41) is 10.6. The van der Waals surface area contributed by atoms with Crippen LogP contribution in [0.5, 0.6) is 0 Å². The summed E-state index contributed by atoms with van der Waals surface area (Å²) in [4.78, 5) is 2.19. The molecule has 0 saturated heterocycles. The van der Waals surface area contributed by atoms with Crippen LogP contribution in [0.4, 0.5) is 0 Å². The van der Waals surface area contributed by atoms with Crippen molar-refractivity contribution < 1.29 is 5.11 Å². The lowest BCUT2D eigenvalue weighted by atomic mass is 10.1. The van der Waals surface area contributed by atoms with Crippen molar-refractivity contribution in [3.8, 4) is 0 Å². The Morgan fingerprint density at radius 3 is 2.53 bits per heavy atom. The van der Waals surface area contributed by atoms with E-state index in [1.807, 2.05) is 24.3 Å². The van der Waals surface area contributed by atoms with Gasteiger partial charge in [-0.15, -0.1) is 0 Å². The molecule has 0 fully saturated rings. The standard InChI is InChI=1S/C12H18ClNO/c1-3-14(4-2)9-12(15)10-6-5-7-11(13)8-10/h5-8,12,15H,3-4,9H2,1-2H3. The van der Waals surface area contributed by atoms with Crippen LogP contribution in [0.15, 0.2) is 24.3 Å². The van der Waals surface area contributed by atoms with Crippen molar-refractivity contribution in [2.24, 2.45) is 0 Å². The van der Waals surface area contributed by atoms with Crippen molar-refractivity contribution in [3.05, 3.63) is 34.9 Å². The lowest BCUT2D eigenvalue weighted by Crippen LogP contribution is -2.28. The van der Waals surface area contributed by atoms with Crippen LogP contribution in [0.25, 0.3) is 0 Å². The molecule has 0 aliphatic carbocycles. The molecule has 1 N–H and O–H groups in total. The van der Waals surface area contributed by atoms with Crippen LogP contribution in [0.2, 0.25) is 5.02 Å². The summed E-state index contributed by atoms with van der Waals surface area (Å²) in [5.74, 6) is 0. The molecular weight excluding hydrogens is 210 g/mol. The van der Waals surface area contributed by atoms with E-state index in [4.69, 9.17) is 11.6 Å². The van der Waals surface area contributed by atoms with Crippen LogP contribution in [0.1, 0.15) is 25.5 Å². The van der Waals surface area contributed by atoms with Gasteiger partial charge in [0.1, 0.15) is 0 Å². The number of benzene rings is 1. The molecule has 0 amide bonds. The molecule has 0 aliphatic heterocycles. The molecule has 1 aromatic rings. The van der Waals surface area contributed by atoms with Crippen LogP contribution < -0.4 is 0 Å². The van der Waals surface area contributed by atoms with Crippen LogP contribution in [0, 0.1) is 0 Å². The van der Waals surface area contributed by atoms with Gasteiger partial charge in [0.15, 0.2) is 0 Å². The minimum atomic E-state index is -0.455. The number of rotatable bonds is 5. The number of hydrogen-bond acceptors (Lipinski definition) is 2. The highest BCUT2D eigenvalue weighted by Gasteiger charge is 2.11. The minimum Gasteiger partial charge on any atom is -0.387 e. The number of hydrogen-bond donors (Lipinski definition) is 1. The normalized spacial score (nSPS) is 13.1. The maximum atomic E-state index is 9.98. The van der Waals surface area contributed by atoms with Crippen LogP contribution in [0.3, 0.4) is 0 Å². The molecule has 1 unspecified atom stereocenters. The molecule has 84 valence electrons. The van der Waals surface area contributed by atoms with Gasteiger partial charge in [0, 0.05) is 11.6 Å². The van der Waals surface area contributed by atoms with Gasteiger partial charge in [-0.1, -0.05) is 37.6 Å². The highest BCUT2D eigenvalue weighted by atomic mass is 35.5. The quantitative estimate of drug-likeness (QED) is 0.836. The summed E-state index contributed by atoms with van der Waals surface area (Å²) in [6, 6.07) is 7.40. The molecule has 0 radical (unpaired) electrons. The van der Waals surface area contributed by atoms with Gasteiger partial charge in [-0.2, -0.15) is 0 Å². The van der Waals surface area contributed by atoms with Crippen LogP contribution in [-0.4, -0.2) is 29.6 Å². The fourth-order valence-corrected chi connectivity index (χ4v) is 1.74. The fraction of sp³-hybridized carbons (Fsp3) is 0.500. The van der Waals surface area contributed by atoms with E-state index in [2.05, 4.69) is 18.7 Å². The summed E-state index contributed by atoms with van der Waals surface area (Å²) < 4.78 is 0. The first-order chi connectivity index (χ1) is 7.17. The molecular formula is C12H18ClNO. The number of aliphatic hydroxyl groups is 1. The number of halogens is 1. The van der Waals surface area contributed by atoms with Crippen molar-refractivity contribution >= 4 is 11.6 Å². The molecule has 0 heterocycles. The van der Waals surface area contributed by atoms with Gasteiger partial charge in [-0.3, -0.25) is 0 Å². The van der Waals surface area contributed by atoms with Gasteiger partial charge in [0.2, 0.25) is 0 Å². The van der Waals surface area contributed by atoms with E-state index in [0.717, 1.165) is 18.7 Å². The number of likely N-dealkylation sites (N-methyl/N-ethyl adjacent to an activating group) is 1. The first kappa shape index (κ1) is 12.5. The van der Waals surface area contributed by atoms with E-state index in [0.29, 0.717) is 11.6 Å². The Kier molecular flexibility index (Phi) is 5.09. The Morgan fingerprint density at radius 1 is 1.33 bits per heavy atom. The Balaban J connectivity index is 2.64. The largest absolute Gasteiger partial charge is 0.387 e. The predicted molar refractivity (Wildman–Crippen MR) is 64.2 cm³/mol. The monoisotopic (exact) mass is 227 g/mol. The highest BCUT2D eigenvalue weighted by molar-refractivity contribution is 6.30. The smallest absolute Gasteiger partial charge is 0.0917 e. The maximum absolute atomic E-state index is 9.98. The van der Waals surface area contributed by atoms with Crippen molar-refractivity contribution in [3.63, 3.8) is 0 Å². The zero-order chi connectivity index (χ0) is 11.3. The second-order valence-electron chi connectivity index (χ2n) is 3.56. The van der Waals surface area contributed by atoms with E-state index in [1.54, 1.807) is 0 Å². The van der Waals surface area contributed by atoms with Gasteiger partial charge in [-0.05, 0) is 30.8 Å². The van der Waals surface area contributed by atoms with Gasteiger partial charge < -0.3 is 10.0 Å². The molecule has 0 spiro atoms. The van der Waals surface area contributed by atoms with Gasteiger partial charge in [0.05, 0.1) is 6.10 Å². The molecule has 15 heavy (non-hydrogen) atoms. The Morgan fingerprint density at radius 2 is 2.00 bits per heavy atom. The van der Waals surface area contributed by atoms with Crippen molar-refractivity contribution in [2.45, 2.75) is 20.0 Å². The third-order valence-electron chi connectivity index (χ3n) is 2.56. The third-order valence-corrected chi connectivity index (χ3v) is 2.79. The SMILES string of the molecule is CCN(CC)CC(O)c1cccc(Cl)c1. The zero-order valence-corrected chi connectivity index (χ0v) is 10.0. The molecule has 0 saturated carbocycles. The molecule has 0 bridgehead atoms. The van der Waals surface area contributed by atoms with Crippen molar-refractivity contribution in [2.75, 3.05) is 19.6 Å².